The molecule has 2 N–H and O–H groups in total. The average Bonchev–Trinajstić information content (AvgIpc) is 2.81. The predicted molar refractivity (Wildman–Crippen MR) is 57.5 cm³/mol. The largest absolute Gasteiger partial charge is 0.330 e. The summed E-state index contributed by atoms with van der Waals surface area (Å²) in [7, 11) is -2.89. The van der Waals surface area contributed by atoms with Crippen molar-refractivity contribution >= 4 is 9.84 Å². The van der Waals surface area contributed by atoms with Crippen LogP contribution in [0.25, 0.3) is 0 Å². The van der Waals surface area contributed by atoms with Gasteiger partial charge < -0.3 is 5.73 Å². The molecule has 1 fully saturated rings. The summed E-state index contributed by atoms with van der Waals surface area (Å²) >= 11 is 0. The van der Waals surface area contributed by atoms with Gasteiger partial charge in [0, 0.05) is 12.5 Å². The van der Waals surface area contributed by atoms with E-state index in [1.54, 1.807) is 4.68 Å². The van der Waals surface area contributed by atoms with E-state index in [1.165, 1.54) is 0 Å². The van der Waals surface area contributed by atoms with Gasteiger partial charge in [-0.3, -0.25) is 0 Å². The van der Waals surface area contributed by atoms with Gasteiger partial charge in [0.2, 0.25) is 0 Å². The molecule has 0 spiro atoms. The van der Waals surface area contributed by atoms with Crippen molar-refractivity contribution in [3.8, 4) is 0 Å². The van der Waals surface area contributed by atoms with Gasteiger partial charge in [-0.1, -0.05) is 0 Å². The van der Waals surface area contributed by atoms with Gasteiger partial charge in [0.05, 0.1) is 11.5 Å². The number of nitrogens with two attached hydrogens (primary N) is 1. The van der Waals surface area contributed by atoms with Crippen LogP contribution >= 0.6 is 0 Å². The van der Waals surface area contributed by atoms with Gasteiger partial charge in [0.25, 0.3) is 0 Å². The Hall–Kier alpha value is -1.02. The first-order valence-electron chi connectivity index (χ1n) is 5.29. The van der Waals surface area contributed by atoms with E-state index >= 15 is 0 Å². The molecule has 1 aromatic rings. The Labute approximate surface area is 93.9 Å². The zero-order chi connectivity index (χ0) is 11.6. The molecule has 0 bridgehead atoms. The van der Waals surface area contributed by atoms with E-state index < -0.39 is 9.84 Å². The Morgan fingerprint density at radius 1 is 1.50 bits per heavy atom. The fourth-order valence-corrected chi connectivity index (χ4v) is 3.64. The minimum atomic E-state index is -2.89. The summed E-state index contributed by atoms with van der Waals surface area (Å²) < 4.78 is 24.4. The first kappa shape index (κ1) is 11.5. The highest BCUT2D eigenvalue weighted by Gasteiger charge is 2.32. The molecule has 0 aliphatic carbocycles. The van der Waals surface area contributed by atoms with E-state index in [4.69, 9.17) is 5.73 Å². The van der Waals surface area contributed by atoms with Crippen molar-refractivity contribution < 1.29 is 8.42 Å². The second-order valence-electron chi connectivity index (χ2n) is 4.00. The van der Waals surface area contributed by atoms with Crippen LogP contribution in [0.4, 0.5) is 0 Å². The van der Waals surface area contributed by atoms with Crippen LogP contribution in [0.2, 0.25) is 0 Å². The minimum absolute atomic E-state index is 0.0576. The van der Waals surface area contributed by atoms with Gasteiger partial charge in [0.1, 0.15) is 0 Å². The maximum absolute atomic E-state index is 11.4. The Bertz CT molecular complexity index is 455. The molecule has 1 aromatic heterocycles. The van der Waals surface area contributed by atoms with Crippen molar-refractivity contribution in [3.05, 3.63) is 5.82 Å². The molecule has 1 atom stereocenters. The lowest BCUT2D eigenvalue weighted by molar-refractivity contribution is 0.522. The fraction of sp³-hybridized carbons (Fsp3) is 0.875. The third kappa shape index (κ3) is 2.38. The Morgan fingerprint density at radius 2 is 2.31 bits per heavy atom. The number of tetrazole rings is 1. The van der Waals surface area contributed by atoms with Crippen LogP contribution in [0.5, 0.6) is 0 Å². The summed E-state index contributed by atoms with van der Waals surface area (Å²) in [5.74, 6) is 1.02. The standard InChI is InChI=1S/C8H15N5O2S/c9-3-1-4-13-8(10-11-12-13)7-2-5-16(14,15)6-7/h7H,1-6,9H2. The highest BCUT2D eigenvalue weighted by Crippen LogP contribution is 2.26. The van der Waals surface area contributed by atoms with E-state index in [-0.39, 0.29) is 17.4 Å². The summed E-state index contributed by atoms with van der Waals surface area (Å²) in [5.41, 5.74) is 5.41. The van der Waals surface area contributed by atoms with Gasteiger partial charge in [-0.25, -0.2) is 13.1 Å². The maximum atomic E-state index is 11.4. The second-order valence-corrected chi connectivity index (χ2v) is 6.23. The molecule has 1 saturated heterocycles. The number of aryl methyl sites for hydroxylation is 1. The Morgan fingerprint density at radius 3 is 2.94 bits per heavy atom. The number of rotatable bonds is 4. The Kier molecular flexibility index (Phi) is 3.20. The molecule has 2 heterocycles. The SMILES string of the molecule is NCCCn1nnnc1C1CCS(=O)(=O)C1. The first-order valence-corrected chi connectivity index (χ1v) is 7.11. The number of nitrogens with zero attached hydrogens (tertiary/aromatic N) is 4. The van der Waals surface area contributed by atoms with Crippen molar-refractivity contribution in [2.75, 3.05) is 18.1 Å². The normalized spacial score (nSPS) is 23.7. The smallest absolute Gasteiger partial charge is 0.155 e. The second kappa shape index (κ2) is 4.46. The lowest BCUT2D eigenvalue weighted by Crippen LogP contribution is -2.14. The molecule has 1 unspecified atom stereocenters. The molecule has 0 radical (unpaired) electrons. The molecule has 0 saturated carbocycles. The number of sulfone groups is 1. The van der Waals surface area contributed by atoms with Gasteiger partial charge in [-0.2, -0.15) is 0 Å². The molecule has 90 valence electrons. The van der Waals surface area contributed by atoms with Gasteiger partial charge >= 0.3 is 0 Å². The predicted octanol–water partition coefficient (Wildman–Crippen LogP) is -1.08. The van der Waals surface area contributed by atoms with E-state index in [2.05, 4.69) is 15.5 Å². The number of aromatic nitrogens is 4. The van der Waals surface area contributed by atoms with Crippen molar-refractivity contribution in [3.63, 3.8) is 0 Å². The number of hydrogen-bond donors (Lipinski definition) is 1. The van der Waals surface area contributed by atoms with Gasteiger partial charge in [0.15, 0.2) is 15.7 Å². The molecule has 1 aliphatic heterocycles. The van der Waals surface area contributed by atoms with Crippen LogP contribution in [0.15, 0.2) is 0 Å². The highest BCUT2D eigenvalue weighted by atomic mass is 32.2. The first-order chi connectivity index (χ1) is 7.62. The summed E-state index contributed by atoms with van der Waals surface area (Å²) in [6, 6.07) is 0. The van der Waals surface area contributed by atoms with E-state index in [1.807, 2.05) is 0 Å². The molecule has 1 aliphatic rings. The van der Waals surface area contributed by atoms with E-state index in [0.717, 1.165) is 6.42 Å². The molecule has 2 rings (SSSR count). The zero-order valence-corrected chi connectivity index (χ0v) is 9.73. The topological polar surface area (TPSA) is 104 Å². The molecule has 0 aromatic carbocycles. The third-order valence-electron chi connectivity index (χ3n) is 2.73. The fourth-order valence-electron chi connectivity index (χ4n) is 1.90. The molecule has 8 heteroatoms. The van der Waals surface area contributed by atoms with Crippen LogP contribution in [-0.4, -0.2) is 46.7 Å². The number of hydrogen-bond acceptors (Lipinski definition) is 6. The van der Waals surface area contributed by atoms with Gasteiger partial charge in [-0.15, -0.1) is 5.10 Å². The van der Waals surface area contributed by atoms with Crippen molar-refractivity contribution in [2.24, 2.45) is 5.73 Å². The average molecular weight is 245 g/mol. The Balaban J connectivity index is 2.12. The minimum Gasteiger partial charge on any atom is -0.330 e. The van der Waals surface area contributed by atoms with E-state index in [0.29, 0.717) is 25.3 Å². The van der Waals surface area contributed by atoms with Gasteiger partial charge in [-0.05, 0) is 29.8 Å². The lowest BCUT2D eigenvalue weighted by atomic mass is 10.1. The van der Waals surface area contributed by atoms with Crippen LogP contribution in [0, 0.1) is 0 Å². The van der Waals surface area contributed by atoms with Crippen LogP contribution in [0.1, 0.15) is 24.6 Å². The molecular formula is C8H15N5O2S. The lowest BCUT2D eigenvalue weighted by Gasteiger charge is -2.07. The van der Waals surface area contributed by atoms with E-state index in [9.17, 15) is 8.42 Å². The summed E-state index contributed by atoms with van der Waals surface area (Å²) in [4.78, 5) is 0. The molecule has 16 heavy (non-hydrogen) atoms. The van der Waals surface area contributed by atoms with Crippen LogP contribution in [0.3, 0.4) is 0 Å². The monoisotopic (exact) mass is 245 g/mol. The molecular weight excluding hydrogens is 230 g/mol. The zero-order valence-electron chi connectivity index (χ0n) is 8.91. The molecule has 0 amide bonds. The van der Waals surface area contributed by atoms with Crippen molar-refractivity contribution in [1.82, 2.24) is 20.2 Å². The van der Waals surface area contributed by atoms with Crippen LogP contribution in [-0.2, 0) is 16.4 Å². The quantitative estimate of drug-likeness (QED) is 0.724. The summed E-state index contributed by atoms with van der Waals surface area (Å²) in [5, 5.41) is 11.4. The van der Waals surface area contributed by atoms with Crippen LogP contribution < -0.4 is 5.73 Å². The summed E-state index contributed by atoms with van der Waals surface area (Å²) in [6.07, 6.45) is 1.41. The maximum Gasteiger partial charge on any atom is 0.155 e. The molecule has 7 nitrogen and oxygen atoms in total. The highest BCUT2D eigenvalue weighted by molar-refractivity contribution is 7.91. The van der Waals surface area contributed by atoms with Crippen molar-refractivity contribution in [2.45, 2.75) is 25.3 Å². The summed E-state index contributed by atoms with van der Waals surface area (Å²) in [6.45, 7) is 1.22. The van der Waals surface area contributed by atoms with Crippen molar-refractivity contribution in [1.29, 1.82) is 0 Å². The third-order valence-corrected chi connectivity index (χ3v) is 4.50.